The molecule has 19 heavy (non-hydrogen) atoms. The third-order valence-electron chi connectivity index (χ3n) is 3.39. The molecule has 1 fully saturated rings. The van der Waals surface area contributed by atoms with Crippen molar-refractivity contribution in [3.8, 4) is 0 Å². The highest BCUT2D eigenvalue weighted by Gasteiger charge is 2.19. The van der Waals surface area contributed by atoms with Gasteiger partial charge in [0.1, 0.15) is 0 Å². The van der Waals surface area contributed by atoms with Gasteiger partial charge in [0, 0.05) is 23.9 Å². The van der Waals surface area contributed by atoms with Crippen LogP contribution in [0.3, 0.4) is 0 Å². The van der Waals surface area contributed by atoms with E-state index in [0.29, 0.717) is 11.7 Å². The second-order valence-electron chi connectivity index (χ2n) is 4.74. The Kier molecular flexibility index (Phi) is 4.37. The molecule has 1 aliphatic rings. The SMILES string of the molecule is O=C(Cl)c1cc([N+](=O)[O-])ccc1NC1CCCCC1. The third kappa shape index (κ3) is 3.44. The molecule has 0 spiro atoms. The number of nitro benzene ring substituents is 1. The fourth-order valence-electron chi connectivity index (χ4n) is 2.40. The minimum absolute atomic E-state index is 0.127. The molecule has 0 atom stereocenters. The van der Waals surface area contributed by atoms with Crippen molar-refractivity contribution in [1.82, 2.24) is 0 Å². The molecular weight excluding hydrogens is 268 g/mol. The Bertz CT molecular complexity index is 499. The first-order valence-electron chi connectivity index (χ1n) is 6.33. The minimum Gasteiger partial charge on any atom is -0.382 e. The van der Waals surface area contributed by atoms with Crippen molar-refractivity contribution in [1.29, 1.82) is 0 Å². The molecule has 0 amide bonds. The maximum atomic E-state index is 11.4. The van der Waals surface area contributed by atoms with Crippen molar-refractivity contribution in [2.24, 2.45) is 0 Å². The summed E-state index contributed by atoms with van der Waals surface area (Å²) in [5.41, 5.74) is 0.622. The van der Waals surface area contributed by atoms with E-state index in [1.54, 1.807) is 6.07 Å². The van der Waals surface area contributed by atoms with Crippen LogP contribution in [-0.2, 0) is 0 Å². The highest BCUT2D eigenvalue weighted by Crippen LogP contribution is 2.27. The zero-order chi connectivity index (χ0) is 13.8. The molecule has 0 heterocycles. The molecule has 6 heteroatoms. The Morgan fingerprint density at radius 3 is 2.58 bits per heavy atom. The average Bonchev–Trinajstić information content (AvgIpc) is 2.39. The largest absolute Gasteiger partial charge is 0.382 e. The van der Waals surface area contributed by atoms with Crippen molar-refractivity contribution in [2.45, 2.75) is 38.1 Å². The van der Waals surface area contributed by atoms with Crippen LogP contribution < -0.4 is 5.32 Å². The van der Waals surface area contributed by atoms with Crippen LogP contribution in [0.25, 0.3) is 0 Å². The molecule has 1 aromatic rings. The summed E-state index contributed by atoms with van der Waals surface area (Å²) in [6, 6.07) is 4.47. The van der Waals surface area contributed by atoms with Gasteiger partial charge in [-0.25, -0.2) is 0 Å². The molecule has 0 bridgehead atoms. The molecule has 102 valence electrons. The van der Waals surface area contributed by atoms with Crippen molar-refractivity contribution in [2.75, 3.05) is 5.32 Å². The van der Waals surface area contributed by atoms with Crippen molar-refractivity contribution >= 4 is 28.2 Å². The number of halogens is 1. The van der Waals surface area contributed by atoms with E-state index in [1.807, 2.05) is 0 Å². The Morgan fingerprint density at radius 1 is 1.32 bits per heavy atom. The number of nitrogens with one attached hydrogen (secondary N) is 1. The van der Waals surface area contributed by atoms with Crippen LogP contribution >= 0.6 is 11.6 Å². The molecule has 1 aliphatic carbocycles. The van der Waals surface area contributed by atoms with Gasteiger partial charge in [-0.05, 0) is 30.5 Å². The summed E-state index contributed by atoms with van der Waals surface area (Å²) in [6.07, 6.45) is 5.66. The van der Waals surface area contributed by atoms with E-state index in [9.17, 15) is 14.9 Å². The lowest BCUT2D eigenvalue weighted by molar-refractivity contribution is -0.384. The first-order chi connectivity index (χ1) is 9.08. The van der Waals surface area contributed by atoms with Crippen LogP contribution in [0.5, 0.6) is 0 Å². The van der Waals surface area contributed by atoms with Crippen molar-refractivity contribution in [3.05, 3.63) is 33.9 Å². The van der Waals surface area contributed by atoms with Crippen molar-refractivity contribution in [3.63, 3.8) is 0 Å². The summed E-state index contributed by atoms with van der Waals surface area (Å²) in [7, 11) is 0. The van der Waals surface area contributed by atoms with Gasteiger partial charge in [-0.15, -0.1) is 0 Å². The molecule has 0 saturated heterocycles. The number of carbonyl (C=O) groups is 1. The zero-order valence-corrected chi connectivity index (χ0v) is 11.2. The quantitative estimate of drug-likeness (QED) is 0.519. The van der Waals surface area contributed by atoms with Gasteiger partial charge in [-0.1, -0.05) is 19.3 Å². The van der Waals surface area contributed by atoms with E-state index in [0.717, 1.165) is 25.7 Å². The second-order valence-corrected chi connectivity index (χ2v) is 5.08. The van der Waals surface area contributed by atoms with Gasteiger partial charge in [0.25, 0.3) is 10.9 Å². The van der Waals surface area contributed by atoms with E-state index in [4.69, 9.17) is 11.6 Å². The first kappa shape index (κ1) is 13.8. The molecule has 0 aromatic heterocycles. The van der Waals surface area contributed by atoms with Gasteiger partial charge in [0.2, 0.25) is 0 Å². The summed E-state index contributed by atoms with van der Waals surface area (Å²) >= 11 is 5.50. The van der Waals surface area contributed by atoms with E-state index >= 15 is 0 Å². The molecular formula is C13H15ClN2O3. The molecule has 1 aromatic carbocycles. The smallest absolute Gasteiger partial charge is 0.270 e. The molecule has 1 N–H and O–H groups in total. The number of nitrogens with zero attached hydrogens (tertiary/aromatic N) is 1. The van der Waals surface area contributed by atoms with E-state index in [-0.39, 0.29) is 11.3 Å². The molecule has 1 saturated carbocycles. The minimum atomic E-state index is -0.679. The average molecular weight is 283 g/mol. The summed E-state index contributed by atoms with van der Waals surface area (Å²) in [5, 5.41) is 13.3. The Hall–Kier alpha value is -1.62. The number of non-ortho nitro benzene ring substituents is 1. The van der Waals surface area contributed by atoms with Crippen LogP contribution in [-0.4, -0.2) is 16.2 Å². The third-order valence-corrected chi connectivity index (χ3v) is 3.59. The molecule has 0 unspecified atom stereocenters. The first-order valence-corrected chi connectivity index (χ1v) is 6.70. The van der Waals surface area contributed by atoms with Gasteiger partial charge in [-0.3, -0.25) is 14.9 Å². The summed E-state index contributed by atoms with van der Waals surface area (Å²) < 4.78 is 0. The fourth-order valence-corrected chi connectivity index (χ4v) is 2.56. The lowest BCUT2D eigenvalue weighted by Gasteiger charge is -2.24. The Morgan fingerprint density at radius 2 is 2.00 bits per heavy atom. The number of hydrogen-bond donors (Lipinski definition) is 1. The van der Waals surface area contributed by atoms with E-state index in [1.165, 1.54) is 18.6 Å². The summed E-state index contributed by atoms with van der Waals surface area (Å²) in [4.78, 5) is 21.6. The van der Waals surface area contributed by atoms with Crippen LogP contribution in [0.4, 0.5) is 11.4 Å². The Labute approximate surface area is 116 Å². The normalized spacial score (nSPS) is 16.1. The number of carbonyl (C=O) groups excluding carboxylic acids is 1. The highest BCUT2D eigenvalue weighted by atomic mass is 35.5. The maximum Gasteiger partial charge on any atom is 0.270 e. The summed E-state index contributed by atoms with van der Waals surface area (Å²) in [6.45, 7) is 0. The standard InChI is InChI=1S/C13H15ClN2O3/c14-13(17)11-8-10(16(18)19)6-7-12(11)15-9-4-2-1-3-5-9/h6-9,15H,1-5H2. The highest BCUT2D eigenvalue weighted by molar-refractivity contribution is 6.68. The number of benzene rings is 1. The predicted molar refractivity (Wildman–Crippen MR) is 73.8 cm³/mol. The summed E-state index contributed by atoms with van der Waals surface area (Å²) in [5.74, 6) is 0. The zero-order valence-electron chi connectivity index (χ0n) is 10.4. The molecule has 0 radical (unpaired) electrons. The van der Waals surface area contributed by atoms with Crippen LogP contribution in [0.1, 0.15) is 42.5 Å². The second kappa shape index (κ2) is 6.02. The van der Waals surface area contributed by atoms with Crippen LogP contribution in [0, 0.1) is 10.1 Å². The van der Waals surface area contributed by atoms with E-state index < -0.39 is 10.2 Å². The van der Waals surface area contributed by atoms with Crippen LogP contribution in [0.15, 0.2) is 18.2 Å². The number of anilines is 1. The maximum absolute atomic E-state index is 11.4. The Balaban J connectivity index is 2.23. The van der Waals surface area contributed by atoms with Crippen LogP contribution in [0.2, 0.25) is 0 Å². The number of nitro groups is 1. The van der Waals surface area contributed by atoms with Gasteiger partial charge >= 0.3 is 0 Å². The van der Waals surface area contributed by atoms with Gasteiger partial charge < -0.3 is 5.32 Å². The molecule has 2 rings (SSSR count). The predicted octanol–water partition coefficient (Wildman–Crippen LogP) is 3.72. The lowest BCUT2D eigenvalue weighted by atomic mass is 9.95. The van der Waals surface area contributed by atoms with Crippen molar-refractivity contribution < 1.29 is 9.72 Å². The van der Waals surface area contributed by atoms with Gasteiger partial charge in [-0.2, -0.15) is 0 Å². The van der Waals surface area contributed by atoms with Gasteiger partial charge in [0.05, 0.1) is 10.5 Å². The van der Waals surface area contributed by atoms with Gasteiger partial charge in [0.15, 0.2) is 0 Å². The molecule has 5 nitrogen and oxygen atoms in total. The lowest BCUT2D eigenvalue weighted by Crippen LogP contribution is -2.23. The van der Waals surface area contributed by atoms with E-state index in [2.05, 4.69) is 5.32 Å². The topological polar surface area (TPSA) is 72.2 Å². The number of rotatable bonds is 4. The number of hydrogen-bond acceptors (Lipinski definition) is 4. The fraction of sp³-hybridized carbons (Fsp3) is 0.462. The monoisotopic (exact) mass is 282 g/mol. The molecule has 0 aliphatic heterocycles.